The summed E-state index contributed by atoms with van der Waals surface area (Å²) in [6.45, 7) is 0.316. The van der Waals surface area contributed by atoms with Crippen LogP contribution in [0, 0.1) is 0 Å². The number of amides is 5. The molecule has 0 saturated heterocycles. The predicted octanol–water partition coefficient (Wildman–Crippen LogP) is -2.59. The Bertz CT molecular complexity index is 988. The van der Waals surface area contributed by atoms with Gasteiger partial charge in [0, 0.05) is 23.5 Å². The summed E-state index contributed by atoms with van der Waals surface area (Å²) < 4.78 is 0. The maximum atomic E-state index is 12.5. The highest BCUT2D eigenvalue weighted by Gasteiger charge is 2.26. The van der Waals surface area contributed by atoms with E-state index in [1.54, 1.807) is 6.20 Å². The molecule has 0 bridgehead atoms. The molecule has 1 aromatic heterocycles. The van der Waals surface area contributed by atoms with Gasteiger partial charge in [-0.3, -0.25) is 24.0 Å². The van der Waals surface area contributed by atoms with Gasteiger partial charge in [-0.15, -0.1) is 0 Å². The lowest BCUT2D eigenvalue weighted by Gasteiger charge is -2.21. The standard InChI is InChI=1S/C20H26N6O6/c1-11(28)18(20(32)23-8-16(21)29)26-17(30)9-24-19(31)15(25-10-27)6-12-7-22-14-5-3-2-4-13(12)14/h2-5,7,10-11,15,18,22,28H,6,8-9H2,1H3,(H2,21,29)(H,23,32)(H,24,31)(H,25,27)(H,26,30). The molecule has 5 amide bonds. The zero-order valence-corrected chi connectivity index (χ0v) is 17.4. The third kappa shape index (κ3) is 6.80. The minimum absolute atomic E-state index is 0.183. The first-order valence-electron chi connectivity index (χ1n) is 9.78. The summed E-state index contributed by atoms with van der Waals surface area (Å²) in [6.07, 6.45) is 1.05. The van der Waals surface area contributed by atoms with Gasteiger partial charge in [0.25, 0.3) is 0 Å². The number of nitrogens with two attached hydrogens (primary N) is 1. The molecule has 1 aromatic carbocycles. The van der Waals surface area contributed by atoms with Crippen molar-refractivity contribution in [3.63, 3.8) is 0 Å². The number of hydrogen-bond donors (Lipinski definition) is 7. The number of aliphatic hydroxyl groups excluding tert-OH is 1. The first-order valence-corrected chi connectivity index (χ1v) is 9.78. The summed E-state index contributed by atoms with van der Waals surface area (Å²) in [6, 6.07) is 5.18. The van der Waals surface area contributed by atoms with Gasteiger partial charge in [0.15, 0.2) is 0 Å². The van der Waals surface area contributed by atoms with Crippen molar-refractivity contribution in [1.29, 1.82) is 0 Å². The van der Waals surface area contributed by atoms with Crippen molar-refractivity contribution in [2.24, 2.45) is 5.73 Å². The Balaban J connectivity index is 1.95. The number of carbonyl (C=O) groups is 5. The van der Waals surface area contributed by atoms with Gasteiger partial charge in [-0.1, -0.05) is 18.2 Å². The van der Waals surface area contributed by atoms with E-state index in [0.29, 0.717) is 6.41 Å². The van der Waals surface area contributed by atoms with Crippen LogP contribution in [0.3, 0.4) is 0 Å². The number of aliphatic hydroxyl groups is 1. The Morgan fingerprint density at radius 2 is 1.81 bits per heavy atom. The van der Waals surface area contributed by atoms with E-state index >= 15 is 0 Å². The van der Waals surface area contributed by atoms with Crippen LogP contribution < -0.4 is 27.0 Å². The van der Waals surface area contributed by atoms with Gasteiger partial charge >= 0.3 is 0 Å². The third-order valence-electron chi connectivity index (χ3n) is 4.63. The van der Waals surface area contributed by atoms with Crippen molar-refractivity contribution in [2.45, 2.75) is 31.5 Å². The molecule has 8 N–H and O–H groups in total. The molecular formula is C20H26N6O6. The van der Waals surface area contributed by atoms with Crippen LogP contribution in [0.15, 0.2) is 30.5 Å². The van der Waals surface area contributed by atoms with Gasteiger partial charge < -0.3 is 37.1 Å². The van der Waals surface area contributed by atoms with Crippen LogP contribution in [-0.2, 0) is 30.4 Å². The number of hydrogen-bond acceptors (Lipinski definition) is 6. The number of para-hydroxylation sites is 1. The number of aromatic amines is 1. The summed E-state index contributed by atoms with van der Waals surface area (Å²) in [5.41, 5.74) is 6.63. The molecule has 3 unspecified atom stereocenters. The van der Waals surface area contributed by atoms with E-state index in [1.165, 1.54) is 6.92 Å². The number of benzene rings is 1. The number of fused-ring (bicyclic) bond motifs is 1. The van der Waals surface area contributed by atoms with Gasteiger partial charge in [0.05, 0.1) is 19.2 Å². The Labute approximate surface area is 183 Å². The van der Waals surface area contributed by atoms with Crippen molar-refractivity contribution in [2.75, 3.05) is 13.1 Å². The van der Waals surface area contributed by atoms with Crippen LogP contribution in [0.5, 0.6) is 0 Å². The van der Waals surface area contributed by atoms with E-state index in [0.717, 1.165) is 16.5 Å². The SMILES string of the molecule is CC(O)C(NC(=O)CNC(=O)C(Cc1c[nH]c2ccccc12)NC=O)C(=O)NCC(N)=O. The lowest BCUT2D eigenvalue weighted by atomic mass is 10.0. The Hall–Kier alpha value is -3.93. The number of primary amides is 1. The highest BCUT2D eigenvalue weighted by molar-refractivity contribution is 5.93. The van der Waals surface area contributed by atoms with Gasteiger partial charge in [-0.25, -0.2) is 0 Å². The molecule has 0 aliphatic carbocycles. The van der Waals surface area contributed by atoms with Crippen LogP contribution in [0.25, 0.3) is 10.9 Å². The van der Waals surface area contributed by atoms with Gasteiger partial charge in [0.2, 0.25) is 30.0 Å². The maximum absolute atomic E-state index is 12.5. The maximum Gasteiger partial charge on any atom is 0.245 e. The summed E-state index contributed by atoms with van der Waals surface area (Å²) in [5, 5.41) is 19.9. The van der Waals surface area contributed by atoms with Crippen molar-refractivity contribution in [1.82, 2.24) is 26.3 Å². The van der Waals surface area contributed by atoms with Crippen molar-refractivity contribution in [3.05, 3.63) is 36.0 Å². The van der Waals surface area contributed by atoms with Gasteiger partial charge in [0.1, 0.15) is 12.1 Å². The molecule has 0 aliphatic heterocycles. The van der Waals surface area contributed by atoms with Gasteiger partial charge in [-0.2, -0.15) is 0 Å². The second-order valence-corrected chi connectivity index (χ2v) is 7.09. The molecule has 32 heavy (non-hydrogen) atoms. The number of nitrogens with one attached hydrogen (secondary N) is 5. The van der Waals surface area contributed by atoms with Crippen LogP contribution in [-0.4, -0.2) is 71.4 Å². The molecule has 12 heteroatoms. The minimum Gasteiger partial charge on any atom is -0.391 e. The number of H-pyrrole nitrogens is 1. The third-order valence-corrected chi connectivity index (χ3v) is 4.63. The average Bonchev–Trinajstić information content (AvgIpc) is 3.16. The van der Waals surface area contributed by atoms with E-state index in [9.17, 15) is 29.1 Å². The quantitative estimate of drug-likeness (QED) is 0.175. The van der Waals surface area contributed by atoms with E-state index in [1.807, 2.05) is 24.3 Å². The fraction of sp³-hybridized carbons (Fsp3) is 0.350. The van der Waals surface area contributed by atoms with Crippen LogP contribution in [0.1, 0.15) is 12.5 Å². The monoisotopic (exact) mass is 446 g/mol. The van der Waals surface area contributed by atoms with Crippen molar-refractivity contribution < 1.29 is 29.1 Å². The smallest absolute Gasteiger partial charge is 0.245 e. The zero-order valence-electron chi connectivity index (χ0n) is 17.4. The van der Waals surface area contributed by atoms with Crippen molar-refractivity contribution >= 4 is 40.9 Å². The normalized spacial score (nSPS) is 13.4. The topological polar surface area (TPSA) is 196 Å². The molecular weight excluding hydrogens is 420 g/mol. The molecule has 12 nitrogen and oxygen atoms in total. The number of carbonyl (C=O) groups excluding carboxylic acids is 5. The second-order valence-electron chi connectivity index (χ2n) is 7.09. The Morgan fingerprint density at radius 3 is 2.47 bits per heavy atom. The Kier molecular flexibility index (Phi) is 8.72. The first-order chi connectivity index (χ1) is 15.2. The molecule has 0 spiro atoms. The van der Waals surface area contributed by atoms with Gasteiger partial charge in [-0.05, 0) is 18.6 Å². The largest absolute Gasteiger partial charge is 0.391 e. The molecule has 0 radical (unpaired) electrons. The van der Waals surface area contributed by atoms with E-state index in [2.05, 4.69) is 26.3 Å². The van der Waals surface area contributed by atoms with Crippen molar-refractivity contribution in [3.8, 4) is 0 Å². The zero-order chi connectivity index (χ0) is 23.7. The van der Waals surface area contributed by atoms with Crippen LogP contribution >= 0.6 is 0 Å². The molecule has 172 valence electrons. The van der Waals surface area contributed by atoms with E-state index in [4.69, 9.17) is 5.73 Å². The molecule has 0 fully saturated rings. The summed E-state index contributed by atoms with van der Waals surface area (Å²) >= 11 is 0. The average molecular weight is 446 g/mol. The highest BCUT2D eigenvalue weighted by atomic mass is 16.3. The first kappa shape index (κ1) is 24.3. The van der Waals surface area contributed by atoms with Crippen LogP contribution in [0.2, 0.25) is 0 Å². The minimum atomic E-state index is -1.35. The molecule has 2 aromatic rings. The fourth-order valence-electron chi connectivity index (χ4n) is 3.03. The molecule has 0 saturated carbocycles. The fourth-order valence-corrected chi connectivity index (χ4v) is 3.03. The highest BCUT2D eigenvalue weighted by Crippen LogP contribution is 2.19. The number of aromatic nitrogens is 1. The second kappa shape index (κ2) is 11.5. The Morgan fingerprint density at radius 1 is 1.12 bits per heavy atom. The lowest BCUT2D eigenvalue weighted by Crippen LogP contribution is -2.56. The summed E-state index contributed by atoms with van der Waals surface area (Å²) in [4.78, 5) is 61.5. The molecule has 1 heterocycles. The predicted molar refractivity (Wildman–Crippen MR) is 114 cm³/mol. The van der Waals surface area contributed by atoms with E-state index in [-0.39, 0.29) is 6.42 Å². The molecule has 0 aliphatic rings. The summed E-state index contributed by atoms with van der Waals surface area (Å²) in [5.74, 6) is -2.96. The van der Waals surface area contributed by atoms with E-state index < -0.39 is 54.9 Å². The number of rotatable bonds is 12. The molecule has 2 rings (SSSR count). The lowest BCUT2D eigenvalue weighted by molar-refractivity contribution is -0.133. The summed E-state index contributed by atoms with van der Waals surface area (Å²) in [7, 11) is 0. The van der Waals surface area contributed by atoms with Crippen LogP contribution in [0.4, 0.5) is 0 Å². The molecule has 3 atom stereocenters.